The van der Waals surface area contributed by atoms with Gasteiger partial charge in [0.15, 0.2) is 0 Å². The number of amides is 1. The number of halogens is 2. The zero-order valence-corrected chi connectivity index (χ0v) is 9.91. The lowest BCUT2D eigenvalue weighted by atomic mass is 10.1. The third-order valence-corrected chi connectivity index (χ3v) is 2.57. The van der Waals surface area contributed by atoms with E-state index in [1.54, 1.807) is 18.2 Å². The molecule has 4 nitrogen and oxygen atoms in total. The van der Waals surface area contributed by atoms with Gasteiger partial charge in [-0.15, -0.1) is 0 Å². The van der Waals surface area contributed by atoms with Crippen molar-refractivity contribution in [2.45, 2.75) is 0 Å². The first-order chi connectivity index (χ1) is 8.58. The summed E-state index contributed by atoms with van der Waals surface area (Å²) in [6.45, 7) is 0. The van der Waals surface area contributed by atoms with Crippen molar-refractivity contribution in [3.63, 3.8) is 0 Å². The molecule has 0 unspecified atom stereocenters. The third-order valence-electron chi connectivity index (χ3n) is 2.26. The molecule has 0 radical (unpaired) electrons. The Morgan fingerprint density at radius 2 is 2.11 bits per heavy atom. The highest BCUT2D eigenvalue weighted by atomic mass is 35.5. The van der Waals surface area contributed by atoms with Crippen molar-refractivity contribution in [3.8, 4) is 0 Å². The number of nitrogens with zero attached hydrogens (tertiary/aromatic N) is 1. The van der Waals surface area contributed by atoms with Crippen LogP contribution in [0.15, 0.2) is 36.5 Å². The van der Waals surface area contributed by atoms with Crippen LogP contribution in [0.25, 0.3) is 0 Å². The van der Waals surface area contributed by atoms with Crippen LogP contribution >= 0.6 is 11.6 Å². The standard InChI is InChI=1S/C12H9ClFN3O/c13-8-2-1-3-9(15)11(8)12(18)17-7-4-5-10(14)16-6-7/h1-6H,15H2,(H,17,18). The van der Waals surface area contributed by atoms with Crippen molar-refractivity contribution in [1.29, 1.82) is 0 Å². The number of hydrogen-bond acceptors (Lipinski definition) is 3. The van der Waals surface area contributed by atoms with Crippen molar-refractivity contribution in [2.75, 3.05) is 11.1 Å². The van der Waals surface area contributed by atoms with Crippen molar-refractivity contribution < 1.29 is 9.18 Å². The van der Waals surface area contributed by atoms with Gasteiger partial charge in [-0.1, -0.05) is 17.7 Å². The fourth-order valence-electron chi connectivity index (χ4n) is 1.42. The van der Waals surface area contributed by atoms with Gasteiger partial charge >= 0.3 is 0 Å². The molecule has 2 aromatic rings. The van der Waals surface area contributed by atoms with E-state index in [2.05, 4.69) is 10.3 Å². The summed E-state index contributed by atoms with van der Waals surface area (Å²) in [5, 5.41) is 2.79. The number of pyridine rings is 1. The summed E-state index contributed by atoms with van der Waals surface area (Å²) in [7, 11) is 0. The average molecular weight is 266 g/mol. The summed E-state index contributed by atoms with van der Waals surface area (Å²) < 4.78 is 12.6. The summed E-state index contributed by atoms with van der Waals surface area (Å²) in [5.74, 6) is -1.09. The minimum atomic E-state index is -0.620. The number of rotatable bonds is 2. The van der Waals surface area contributed by atoms with E-state index in [4.69, 9.17) is 17.3 Å². The third kappa shape index (κ3) is 2.57. The summed E-state index contributed by atoms with van der Waals surface area (Å²) in [6.07, 6.45) is 1.21. The second-order valence-electron chi connectivity index (χ2n) is 3.53. The molecule has 0 atom stereocenters. The van der Waals surface area contributed by atoms with Crippen molar-refractivity contribution >= 4 is 28.9 Å². The zero-order chi connectivity index (χ0) is 13.1. The maximum atomic E-state index is 12.6. The Balaban J connectivity index is 2.25. The summed E-state index contributed by atoms with van der Waals surface area (Å²) in [6, 6.07) is 7.33. The van der Waals surface area contributed by atoms with Crippen LogP contribution < -0.4 is 11.1 Å². The molecule has 0 aliphatic rings. The SMILES string of the molecule is Nc1cccc(Cl)c1C(=O)Nc1ccc(F)nc1. The molecule has 18 heavy (non-hydrogen) atoms. The number of aromatic nitrogens is 1. The number of nitrogen functional groups attached to an aromatic ring is 1. The number of carbonyl (C=O) groups excluding carboxylic acids is 1. The summed E-state index contributed by atoms with van der Waals surface area (Å²) in [5.41, 5.74) is 6.50. The van der Waals surface area contributed by atoms with Gasteiger partial charge in [0.05, 0.1) is 22.5 Å². The topological polar surface area (TPSA) is 68.0 Å². The molecule has 0 saturated heterocycles. The van der Waals surface area contributed by atoms with E-state index in [1.165, 1.54) is 12.3 Å². The lowest BCUT2D eigenvalue weighted by Crippen LogP contribution is -2.14. The molecule has 3 N–H and O–H groups in total. The lowest BCUT2D eigenvalue weighted by molar-refractivity contribution is 0.102. The van der Waals surface area contributed by atoms with E-state index < -0.39 is 11.9 Å². The van der Waals surface area contributed by atoms with Gasteiger partial charge in [0.2, 0.25) is 5.95 Å². The molecule has 0 spiro atoms. The zero-order valence-electron chi connectivity index (χ0n) is 9.15. The minimum Gasteiger partial charge on any atom is -0.398 e. The highest BCUT2D eigenvalue weighted by Crippen LogP contribution is 2.23. The Morgan fingerprint density at radius 1 is 1.33 bits per heavy atom. The van der Waals surface area contributed by atoms with Crippen LogP contribution in [-0.4, -0.2) is 10.9 Å². The Bertz CT molecular complexity index is 566. The Hall–Kier alpha value is -2.14. The lowest BCUT2D eigenvalue weighted by Gasteiger charge is -2.08. The number of carbonyl (C=O) groups is 1. The fourth-order valence-corrected chi connectivity index (χ4v) is 1.69. The molecule has 1 aromatic carbocycles. The van der Waals surface area contributed by atoms with Gasteiger partial charge in [-0.2, -0.15) is 4.39 Å². The maximum absolute atomic E-state index is 12.6. The van der Waals surface area contributed by atoms with E-state index >= 15 is 0 Å². The van der Waals surface area contributed by atoms with E-state index in [1.807, 2.05) is 0 Å². The normalized spacial score (nSPS) is 10.1. The van der Waals surface area contributed by atoms with Crippen molar-refractivity contribution in [1.82, 2.24) is 4.98 Å². The smallest absolute Gasteiger partial charge is 0.259 e. The largest absolute Gasteiger partial charge is 0.398 e. The molecule has 0 fully saturated rings. The predicted octanol–water partition coefficient (Wildman–Crippen LogP) is 2.71. The van der Waals surface area contributed by atoms with Crippen LogP contribution in [0.3, 0.4) is 0 Å². The van der Waals surface area contributed by atoms with Crippen molar-refractivity contribution in [2.24, 2.45) is 0 Å². The molecule has 6 heteroatoms. The average Bonchev–Trinajstić information content (AvgIpc) is 2.32. The first kappa shape index (κ1) is 12.3. The molecular weight excluding hydrogens is 257 g/mol. The minimum absolute atomic E-state index is 0.184. The van der Waals surface area contributed by atoms with Crippen molar-refractivity contribution in [3.05, 3.63) is 53.1 Å². The second-order valence-corrected chi connectivity index (χ2v) is 3.93. The van der Waals surface area contributed by atoms with Gasteiger partial charge in [-0.25, -0.2) is 4.98 Å². The fraction of sp³-hybridized carbons (Fsp3) is 0. The molecule has 2 rings (SSSR count). The van der Waals surface area contributed by atoms with E-state index in [0.717, 1.165) is 6.07 Å². The predicted molar refractivity (Wildman–Crippen MR) is 68.0 cm³/mol. The first-order valence-corrected chi connectivity index (χ1v) is 5.42. The van der Waals surface area contributed by atoms with E-state index in [0.29, 0.717) is 5.69 Å². The Morgan fingerprint density at radius 3 is 2.72 bits per heavy atom. The van der Waals surface area contributed by atoms with Gasteiger partial charge < -0.3 is 11.1 Å². The van der Waals surface area contributed by atoms with Crippen LogP contribution in [0.4, 0.5) is 15.8 Å². The summed E-state index contributed by atoms with van der Waals surface area (Å²) in [4.78, 5) is 15.4. The van der Waals surface area contributed by atoms with Gasteiger partial charge in [0, 0.05) is 5.69 Å². The van der Waals surface area contributed by atoms with Gasteiger partial charge in [0.25, 0.3) is 5.91 Å². The molecule has 0 aliphatic carbocycles. The van der Waals surface area contributed by atoms with Crippen LogP contribution in [0.1, 0.15) is 10.4 Å². The highest BCUT2D eigenvalue weighted by molar-refractivity contribution is 6.35. The molecule has 92 valence electrons. The quantitative estimate of drug-likeness (QED) is 0.648. The molecule has 1 amide bonds. The van der Waals surface area contributed by atoms with Crippen LogP contribution in [0.5, 0.6) is 0 Å². The van der Waals surface area contributed by atoms with Gasteiger partial charge in [-0.3, -0.25) is 4.79 Å². The van der Waals surface area contributed by atoms with Crippen LogP contribution in [-0.2, 0) is 0 Å². The number of nitrogens with two attached hydrogens (primary N) is 1. The van der Waals surface area contributed by atoms with Gasteiger partial charge in [-0.05, 0) is 24.3 Å². The number of hydrogen-bond donors (Lipinski definition) is 2. The van der Waals surface area contributed by atoms with E-state index in [-0.39, 0.29) is 16.3 Å². The van der Waals surface area contributed by atoms with Crippen LogP contribution in [0, 0.1) is 5.95 Å². The molecule has 0 saturated carbocycles. The first-order valence-electron chi connectivity index (χ1n) is 5.05. The molecule has 0 bridgehead atoms. The Kier molecular flexibility index (Phi) is 3.43. The summed E-state index contributed by atoms with van der Waals surface area (Å²) >= 11 is 5.90. The molecule has 0 aliphatic heterocycles. The Labute approximate surface area is 108 Å². The maximum Gasteiger partial charge on any atom is 0.259 e. The second kappa shape index (κ2) is 5.01. The number of nitrogens with one attached hydrogen (secondary N) is 1. The van der Waals surface area contributed by atoms with E-state index in [9.17, 15) is 9.18 Å². The molecule has 1 heterocycles. The molecule has 1 aromatic heterocycles. The molecular formula is C12H9ClFN3O. The van der Waals surface area contributed by atoms with Gasteiger partial charge in [0.1, 0.15) is 0 Å². The monoisotopic (exact) mass is 265 g/mol. The highest BCUT2D eigenvalue weighted by Gasteiger charge is 2.14. The number of anilines is 2. The van der Waals surface area contributed by atoms with Crippen LogP contribution in [0.2, 0.25) is 5.02 Å². The number of benzene rings is 1.